The summed E-state index contributed by atoms with van der Waals surface area (Å²) < 4.78 is 0. The van der Waals surface area contributed by atoms with Crippen LogP contribution in [-0.4, -0.2) is 18.7 Å². The van der Waals surface area contributed by atoms with Gasteiger partial charge >= 0.3 is 0 Å². The minimum absolute atomic E-state index is 0.0313. The Morgan fingerprint density at radius 2 is 2.00 bits per heavy atom. The lowest BCUT2D eigenvalue weighted by atomic mass is 10.00. The molecule has 1 aromatic rings. The summed E-state index contributed by atoms with van der Waals surface area (Å²) in [5.41, 5.74) is 0.0342. The molecule has 3 heteroatoms. The minimum Gasteiger partial charge on any atom is -0.311 e. The number of hydrogen-bond donors (Lipinski definition) is 0. The quantitative estimate of drug-likeness (QED) is 0.555. The topological polar surface area (TPSA) is 37.4 Å². The smallest absolute Gasteiger partial charge is 0.241 e. The third-order valence-electron chi connectivity index (χ3n) is 4.02. The molecule has 1 saturated heterocycles. The first-order valence-electron chi connectivity index (χ1n) is 5.46. The average molecular weight is 215 g/mol. The number of aldehydes is 1. The van der Waals surface area contributed by atoms with Crippen LogP contribution in [0.5, 0.6) is 0 Å². The third kappa shape index (κ3) is 0.932. The second-order valence-corrected chi connectivity index (χ2v) is 5.05. The van der Waals surface area contributed by atoms with Crippen molar-refractivity contribution in [2.24, 2.45) is 10.8 Å². The second kappa shape index (κ2) is 2.73. The Balaban J connectivity index is 1.98. The summed E-state index contributed by atoms with van der Waals surface area (Å²) in [6.45, 7) is 2.68. The van der Waals surface area contributed by atoms with E-state index >= 15 is 0 Å². The molecule has 1 amide bonds. The van der Waals surface area contributed by atoms with Gasteiger partial charge in [0.2, 0.25) is 5.91 Å². The number of carbonyl (C=O) groups is 2. The highest BCUT2D eigenvalue weighted by Crippen LogP contribution is 2.67. The molecule has 1 aliphatic carbocycles. The molecule has 1 aliphatic heterocycles. The van der Waals surface area contributed by atoms with Crippen molar-refractivity contribution >= 4 is 17.9 Å². The van der Waals surface area contributed by atoms with E-state index in [1.54, 1.807) is 4.90 Å². The number of nitrogens with zero attached hydrogens (tertiary/aromatic N) is 1. The maximum Gasteiger partial charge on any atom is 0.241 e. The van der Waals surface area contributed by atoms with Crippen LogP contribution in [0.4, 0.5) is 5.69 Å². The second-order valence-electron chi connectivity index (χ2n) is 5.05. The van der Waals surface area contributed by atoms with Gasteiger partial charge in [0.1, 0.15) is 11.7 Å². The van der Waals surface area contributed by atoms with Gasteiger partial charge in [0.05, 0.1) is 0 Å². The number of amides is 1. The largest absolute Gasteiger partial charge is 0.311 e. The van der Waals surface area contributed by atoms with Crippen LogP contribution < -0.4 is 4.90 Å². The zero-order valence-electron chi connectivity index (χ0n) is 9.14. The molecule has 0 spiro atoms. The number of anilines is 1. The highest BCUT2D eigenvalue weighted by Gasteiger charge is 2.75. The van der Waals surface area contributed by atoms with Crippen LogP contribution in [-0.2, 0) is 9.59 Å². The molecule has 0 bridgehead atoms. The first-order valence-corrected chi connectivity index (χ1v) is 5.46. The van der Waals surface area contributed by atoms with Gasteiger partial charge in [-0.2, -0.15) is 0 Å². The number of fused-ring (bicyclic) bond motifs is 1. The Morgan fingerprint density at radius 1 is 1.31 bits per heavy atom. The van der Waals surface area contributed by atoms with E-state index in [0.717, 1.165) is 12.0 Å². The third-order valence-corrected chi connectivity index (χ3v) is 4.02. The number of hydrogen-bond acceptors (Lipinski definition) is 2. The number of para-hydroxylation sites is 1. The van der Waals surface area contributed by atoms with Crippen molar-refractivity contribution in [3.05, 3.63) is 30.3 Å². The van der Waals surface area contributed by atoms with E-state index in [1.165, 1.54) is 0 Å². The van der Waals surface area contributed by atoms with E-state index in [0.29, 0.717) is 13.0 Å². The summed E-state index contributed by atoms with van der Waals surface area (Å²) in [4.78, 5) is 25.0. The van der Waals surface area contributed by atoms with Crippen molar-refractivity contribution in [3.8, 4) is 0 Å². The molecule has 1 aromatic carbocycles. The lowest BCUT2D eigenvalue weighted by Gasteiger charge is -2.19. The first kappa shape index (κ1) is 9.58. The van der Waals surface area contributed by atoms with Gasteiger partial charge in [0.25, 0.3) is 0 Å². The average Bonchev–Trinajstić information content (AvgIpc) is 2.87. The Hall–Kier alpha value is -1.64. The molecule has 0 aromatic heterocycles. The van der Waals surface area contributed by atoms with Gasteiger partial charge in [-0.15, -0.1) is 0 Å². The van der Waals surface area contributed by atoms with Crippen LogP contribution in [0.3, 0.4) is 0 Å². The number of carbonyl (C=O) groups excluding carboxylic acids is 2. The van der Waals surface area contributed by atoms with E-state index in [1.807, 2.05) is 37.3 Å². The lowest BCUT2D eigenvalue weighted by Crippen LogP contribution is -2.32. The number of rotatable bonds is 2. The standard InChI is InChI=1S/C13H13NO2/c1-12-7-13(12,9-15)11(16)14(8-12)10-5-3-2-4-6-10/h2-6,9H,7-8H2,1H3/t12-,13-/m0/s1. The molecule has 2 fully saturated rings. The summed E-state index contributed by atoms with van der Waals surface area (Å²) >= 11 is 0. The van der Waals surface area contributed by atoms with Gasteiger partial charge in [-0.3, -0.25) is 4.79 Å². The van der Waals surface area contributed by atoms with Crippen LogP contribution in [0.15, 0.2) is 30.3 Å². The molecule has 1 heterocycles. The minimum atomic E-state index is -0.719. The predicted octanol–water partition coefficient (Wildman–Crippen LogP) is 1.63. The number of benzene rings is 1. The highest BCUT2D eigenvalue weighted by molar-refractivity contribution is 6.13. The van der Waals surface area contributed by atoms with Crippen molar-refractivity contribution in [1.82, 2.24) is 0 Å². The van der Waals surface area contributed by atoms with Gasteiger partial charge in [-0.05, 0) is 18.6 Å². The van der Waals surface area contributed by atoms with Crippen LogP contribution in [0, 0.1) is 10.8 Å². The van der Waals surface area contributed by atoms with Crippen molar-refractivity contribution in [2.45, 2.75) is 13.3 Å². The van der Waals surface area contributed by atoms with Crippen LogP contribution in [0.25, 0.3) is 0 Å². The van der Waals surface area contributed by atoms with Crippen molar-refractivity contribution < 1.29 is 9.59 Å². The molecule has 0 radical (unpaired) electrons. The van der Waals surface area contributed by atoms with E-state index in [-0.39, 0.29) is 11.3 Å². The van der Waals surface area contributed by atoms with Gasteiger partial charge < -0.3 is 9.69 Å². The van der Waals surface area contributed by atoms with Gasteiger partial charge in [0, 0.05) is 17.6 Å². The summed E-state index contributed by atoms with van der Waals surface area (Å²) in [5, 5.41) is 0. The molecule has 3 nitrogen and oxygen atoms in total. The normalized spacial score (nSPS) is 36.1. The molecular formula is C13H13NO2. The molecule has 1 saturated carbocycles. The Labute approximate surface area is 94.1 Å². The Morgan fingerprint density at radius 3 is 2.56 bits per heavy atom. The molecule has 0 N–H and O–H groups in total. The molecule has 16 heavy (non-hydrogen) atoms. The molecular weight excluding hydrogens is 202 g/mol. The van der Waals surface area contributed by atoms with Crippen LogP contribution in [0.2, 0.25) is 0 Å². The summed E-state index contributed by atoms with van der Waals surface area (Å²) in [6.07, 6.45) is 1.56. The zero-order valence-corrected chi connectivity index (χ0v) is 9.14. The van der Waals surface area contributed by atoms with E-state index in [4.69, 9.17) is 0 Å². The van der Waals surface area contributed by atoms with E-state index in [9.17, 15) is 9.59 Å². The fourth-order valence-corrected chi connectivity index (χ4v) is 2.81. The molecule has 2 aliphatic rings. The van der Waals surface area contributed by atoms with E-state index in [2.05, 4.69) is 0 Å². The van der Waals surface area contributed by atoms with Crippen molar-refractivity contribution in [2.75, 3.05) is 11.4 Å². The van der Waals surface area contributed by atoms with Gasteiger partial charge in [0.15, 0.2) is 0 Å². The lowest BCUT2D eigenvalue weighted by molar-refractivity contribution is -0.127. The van der Waals surface area contributed by atoms with Crippen molar-refractivity contribution in [1.29, 1.82) is 0 Å². The van der Waals surface area contributed by atoms with Crippen LogP contribution >= 0.6 is 0 Å². The Kier molecular flexibility index (Phi) is 1.63. The fourth-order valence-electron chi connectivity index (χ4n) is 2.81. The summed E-state index contributed by atoms with van der Waals surface area (Å²) in [5.74, 6) is -0.0313. The van der Waals surface area contributed by atoms with Crippen molar-refractivity contribution in [3.63, 3.8) is 0 Å². The molecule has 0 unspecified atom stereocenters. The van der Waals surface area contributed by atoms with E-state index < -0.39 is 5.41 Å². The molecule has 82 valence electrons. The molecule has 3 rings (SSSR count). The maximum atomic E-state index is 12.2. The highest BCUT2D eigenvalue weighted by atomic mass is 16.2. The SMILES string of the molecule is C[C@]12CN(c3ccccc3)C(=O)[C@@]1(C=O)C2. The van der Waals surface area contributed by atoms with Crippen LogP contribution in [0.1, 0.15) is 13.3 Å². The van der Waals surface area contributed by atoms with Gasteiger partial charge in [-0.25, -0.2) is 0 Å². The summed E-state index contributed by atoms with van der Waals surface area (Å²) in [6, 6.07) is 9.54. The fraction of sp³-hybridized carbons (Fsp3) is 0.385. The summed E-state index contributed by atoms with van der Waals surface area (Å²) in [7, 11) is 0. The monoisotopic (exact) mass is 215 g/mol. The molecule has 2 atom stereocenters. The zero-order chi connectivity index (χ0) is 11.4. The number of piperidine rings is 1. The maximum absolute atomic E-state index is 12.2. The predicted molar refractivity (Wildman–Crippen MR) is 60.0 cm³/mol. The Bertz CT molecular complexity index is 470. The first-order chi connectivity index (χ1) is 7.63. The van der Waals surface area contributed by atoms with Gasteiger partial charge in [-0.1, -0.05) is 25.1 Å².